The summed E-state index contributed by atoms with van der Waals surface area (Å²) in [4.78, 5) is 25.6. The molecule has 0 aliphatic carbocycles. The van der Waals surface area contributed by atoms with Crippen LogP contribution in [0.4, 0.5) is 11.4 Å². The van der Waals surface area contributed by atoms with E-state index < -0.39 is 5.60 Å². The predicted octanol–water partition coefficient (Wildman–Crippen LogP) is 3.26. The number of hydrogen-bond acceptors (Lipinski definition) is 3. The molecule has 0 saturated heterocycles. The minimum atomic E-state index is -0.921. The highest BCUT2D eigenvalue weighted by atomic mass is 16.3. The van der Waals surface area contributed by atoms with Gasteiger partial charge in [-0.05, 0) is 43.0 Å². The van der Waals surface area contributed by atoms with Crippen LogP contribution in [0, 0.1) is 0 Å². The Kier molecular flexibility index (Phi) is 5.99. The van der Waals surface area contributed by atoms with Gasteiger partial charge >= 0.3 is 0 Å². The lowest BCUT2D eigenvalue weighted by Crippen LogP contribution is -2.33. The number of anilines is 2. The lowest BCUT2D eigenvalue weighted by atomic mass is 9.89. The van der Waals surface area contributed by atoms with Crippen LogP contribution in [0.15, 0.2) is 18.2 Å². The maximum atomic E-state index is 12.3. The highest BCUT2D eigenvalue weighted by molar-refractivity contribution is 5.95. The van der Waals surface area contributed by atoms with Gasteiger partial charge in [-0.1, -0.05) is 26.7 Å². The molecule has 0 saturated carbocycles. The molecular weight excluding hydrogens is 304 g/mol. The minimum Gasteiger partial charge on any atom is -0.389 e. The van der Waals surface area contributed by atoms with E-state index in [1.54, 1.807) is 11.8 Å². The molecule has 1 heterocycles. The number of carbonyl (C=O) groups is 2. The second kappa shape index (κ2) is 7.79. The van der Waals surface area contributed by atoms with E-state index in [4.69, 9.17) is 0 Å². The second-order valence-corrected chi connectivity index (χ2v) is 6.71. The third kappa shape index (κ3) is 4.35. The van der Waals surface area contributed by atoms with Gasteiger partial charge in [-0.2, -0.15) is 0 Å². The van der Waals surface area contributed by atoms with Gasteiger partial charge in [0.15, 0.2) is 0 Å². The molecule has 1 aromatic carbocycles. The van der Waals surface area contributed by atoms with Gasteiger partial charge < -0.3 is 15.3 Å². The van der Waals surface area contributed by atoms with Crippen molar-refractivity contribution in [3.63, 3.8) is 0 Å². The lowest BCUT2D eigenvalue weighted by molar-refractivity contribution is -0.121. The molecule has 0 bridgehead atoms. The van der Waals surface area contributed by atoms with Crippen LogP contribution in [-0.4, -0.2) is 29.1 Å². The summed E-state index contributed by atoms with van der Waals surface area (Å²) in [5.74, 6) is -0.129. The zero-order valence-corrected chi connectivity index (χ0v) is 14.9. The molecule has 2 amide bonds. The molecular formula is C19H28N2O3. The monoisotopic (exact) mass is 332 g/mol. The van der Waals surface area contributed by atoms with E-state index >= 15 is 0 Å². The van der Waals surface area contributed by atoms with Crippen molar-refractivity contribution in [2.45, 2.75) is 64.9 Å². The van der Waals surface area contributed by atoms with Gasteiger partial charge in [0, 0.05) is 24.8 Å². The third-order valence-corrected chi connectivity index (χ3v) is 4.56. The van der Waals surface area contributed by atoms with E-state index in [-0.39, 0.29) is 18.2 Å². The first-order valence-corrected chi connectivity index (χ1v) is 8.82. The molecule has 132 valence electrons. The highest BCUT2D eigenvalue weighted by Gasteiger charge is 2.28. The van der Waals surface area contributed by atoms with Gasteiger partial charge in [0.25, 0.3) is 0 Å². The average molecular weight is 332 g/mol. The fourth-order valence-electron chi connectivity index (χ4n) is 3.54. The van der Waals surface area contributed by atoms with E-state index in [1.165, 1.54) is 0 Å². The van der Waals surface area contributed by atoms with Crippen molar-refractivity contribution in [1.82, 2.24) is 0 Å². The molecule has 0 aromatic heterocycles. The van der Waals surface area contributed by atoms with Crippen LogP contribution >= 0.6 is 0 Å². The van der Waals surface area contributed by atoms with Gasteiger partial charge in [0.2, 0.25) is 11.8 Å². The summed E-state index contributed by atoms with van der Waals surface area (Å²) in [6, 6.07) is 5.62. The number of aliphatic hydroxyl groups is 1. The number of hydrogen-bond donors (Lipinski definition) is 2. The van der Waals surface area contributed by atoms with Gasteiger partial charge in [-0.25, -0.2) is 0 Å². The summed E-state index contributed by atoms with van der Waals surface area (Å²) in [5, 5.41) is 13.5. The molecule has 0 radical (unpaired) electrons. The minimum absolute atomic E-state index is 0.0368. The topological polar surface area (TPSA) is 69.6 Å². The molecule has 5 nitrogen and oxygen atoms in total. The Morgan fingerprint density at radius 1 is 1.25 bits per heavy atom. The van der Waals surface area contributed by atoms with Crippen LogP contribution in [-0.2, 0) is 16.0 Å². The van der Waals surface area contributed by atoms with E-state index in [9.17, 15) is 14.7 Å². The van der Waals surface area contributed by atoms with Crippen molar-refractivity contribution in [2.24, 2.45) is 0 Å². The zero-order valence-electron chi connectivity index (χ0n) is 14.9. The van der Waals surface area contributed by atoms with E-state index in [0.29, 0.717) is 19.4 Å². The van der Waals surface area contributed by atoms with Crippen molar-refractivity contribution in [1.29, 1.82) is 0 Å². The Balaban J connectivity index is 2.04. The Labute approximate surface area is 144 Å². The normalized spacial score (nSPS) is 13.8. The summed E-state index contributed by atoms with van der Waals surface area (Å²) in [6.07, 6.45) is 3.88. The molecule has 2 N–H and O–H groups in total. The Morgan fingerprint density at radius 3 is 2.50 bits per heavy atom. The van der Waals surface area contributed by atoms with Crippen molar-refractivity contribution in [3.05, 3.63) is 23.8 Å². The SMILES string of the molecule is CCCC(O)(CCC)CC(=O)Nc1ccc2c(c1)CCN2C(C)=O. The summed E-state index contributed by atoms with van der Waals surface area (Å²) < 4.78 is 0. The first-order valence-electron chi connectivity index (χ1n) is 8.82. The summed E-state index contributed by atoms with van der Waals surface area (Å²) in [6.45, 7) is 6.28. The fourth-order valence-corrected chi connectivity index (χ4v) is 3.54. The van der Waals surface area contributed by atoms with Crippen LogP contribution in [0.5, 0.6) is 0 Å². The van der Waals surface area contributed by atoms with Crippen molar-refractivity contribution in [3.8, 4) is 0 Å². The van der Waals surface area contributed by atoms with E-state index in [1.807, 2.05) is 32.0 Å². The van der Waals surface area contributed by atoms with Crippen LogP contribution < -0.4 is 10.2 Å². The average Bonchev–Trinajstić information content (AvgIpc) is 2.90. The molecule has 0 atom stereocenters. The molecule has 1 aliphatic rings. The number of rotatable bonds is 7. The molecule has 1 aliphatic heterocycles. The largest absolute Gasteiger partial charge is 0.389 e. The number of nitrogens with one attached hydrogen (secondary N) is 1. The maximum Gasteiger partial charge on any atom is 0.227 e. The number of benzene rings is 1. The summed E-state index contributed by atoms with van der Waals surface area (Å²) in [5.41, 5.74) is 1.80. The predicted molar refractivity (Wildman–Crippen MR) is 96.2 cm³/mol. The van der Waals surface area contributed by atoms with E-state index in [2.05, 4.69) is 5.32 Å². The van der Waals surface area contributed by atoms with Crippen LogP contribution in [0.3, 0.4) is 0 Å². The second-order valence-electron chi connectivity index (χ2n) is 6.71. The molecule has 0 spiro atoms. The first kappa shape index (κ1) is 18.5. The van der Waals surface area contributed by atoms with Crippen molar-refractivity contribution >= 4 is 23.2 Å². The van der Waals surface area contributed by atoms with Gasteiger partial charge in [0.05, 0.1) is 12.0 Å². The highest BCUT2D eigenvalue weighted by Crippen LogP contribution is 2.31. The van der Waals surface area contributed by atoms with Crippen molar-refractivity contribution < 1.29 is 14.7 Å². The maximum absolute atomic E-state index is 12.3. The Bertz CT molecular complexity index is 607. The van der Waals surface area contributed by atoms with Crippen molar-refractivity contribution in [2.75, 3.05) is 16.8 Å². The van der Waals surface area contributed by atoms with Crippen LogP contribution in [0.2, 0.25) is 0 Å². The standard InChI is InChI=1S/C19H28N2O3/c1-4-9-19(24,10-5-2)13-18(23)20-16-6-7-17-15(12-16)8-11-21(17)14(3)22/h6-7,12,24H,4-5,8-11,13H2,1-3H3,(H,20,23). The lowest BCUT2D eigenvalue weighted by Gasteiger charge is -2.26. The number of fused-ring (bicyclic) bond motifs is 1. The summed E-state index contributed by atoms with van der Waals surface area (Å²) in [7, 11) is 0. The van der Waals surface area contributed by atoms with Gasteiger partial charge in [0.1, 0.15) is 0 Å². The quantitative estimate of drug-likeness (QED) is 0.805. The molecule has 0 unspecified atom stereocenters. The number of amides is 2. The number of carbonyl (C=O) groups excluding carboxylic acids is 2. The zero-order chi connectivity index (χ0) is 17.7. The first-order chi connectivity index (χ1) is 11.4. The van der Waals surface area contributed by atoms with Crippen LogP contribution in [0.1, 0.15) is 58.4 Å². The van der Waals surface area contributed by atoms with Gasteiger partial charge in [-0.3, -0.25) is 9.59 Å². The molecule has 5 heteroatoms. The molecule has 0 fully saturated rings. The van der Waals surface area contributed by atoms with Crippen LogP contribution in [0.25, 0.3) is 0 Å². The van der Waals surface area contributed by atoms with Gasteiger partial charge in [-0.15, -0.1) is 0 Å². The smallest absolute Gasteiger partial charge is 0.227 e. The fraction of sp³-hybridized carbons (Fsp3) is 0.579. The molecule has 1 aromatic rings. The van der Waals surface area contributed by atoms with E-state index in [0.717, 1.165) is 36.2 Å². The third-order valence-electron chi connectivity index (χ3n) is 4.56. The molecule has 24 heavy (non-hydrogen) atoms. The Morgan fingerprint density at radius 2 is 1.92 bits per heavy atom. The summed E-state index contributed by atoms with van der Waals surface area (Å²) >= 11 is 0. The Hall–Kier alpha value is -1.88. The molecule has 2 rings (SSSR count). The number of nitrogens with zero attached hydrogens (tertiary/aromatic N) is 1.